The Morgan fingerprint density at radius 3 is 2.62 bits per heavy atom. The highest BCUT2D eigenvalue weighted by Crippen LogP contribution is 2.28. The van der Waals surface area contributed by atoms with Gasteiger partial charge in [-0.15, -0.1) is 0 Å². The second-order valence-electron chi connectivity index (χ2n) is 3.80. The van der Waals surface area contributed by atoms with Crippen LogP contribution in [0.3, 0.4) is 0 Å². The van der Waals surface area contributed by atoms with Crippen molar-refractivity contribution in [1.82, 2.24) is 4.98 Å². The largest absolute Gasteiger partial charge is 0.505 e. The van der Waals surface area contributed by atoms with E-state index in [0.29, 0.717) is 10.9 Å². The van der Waals surface area contributed by atoms with Gasteiger partial charge in [0, 0.05) is 5.39 Å². The molecule has 82 valence electrons. The molecule has 16 heavy (non-hydrogen) atoms. The summed E-state index contributed by atoms with van der Waals surface area (Å²) in [6.45, 7) is 3.73. The van der Waals surface area contributed by atoms with Crippen molar-refractivity contribution in [3.05, 3.63) is 35.0 Å². The van der Waals surface area contributed by atoms with Crippen LogP contribution in [0.2, 0.25) is 0 Å². The lowest BCUT2D eigenvalue weighted by Crippen LogP contribution is -2.01. The van der Waals surface area contributed by atoms with Gasteiger partial charge in [0.25, 0.3) is 0 Å². The molecule has 2 N–H and O–H groups in total. The summed E-state index contributed by atoms with van der Waals surface area (Å²) in [4.78, 5) is 15.1. The van der Waals surface area contributed by atoms with Gasteiger partial charge in [0.2, 0.25) is 0 Å². The van der Waals surface area contributed by atoms with Crippen molar-refractivity contribution in [2.75, 3.05) is 0 Å². The van der Waals surface area contributed by atoms with E-state index >= 15 is 0 Å². The van der Waals surface area contributed by atoms with E-state index in [1.807, 2.05) is 19.9 Å². The minimum atomic E-state index is -1.14. The summed E-state index contributed by atoms with van der Waals surface area (Å²) in [5.74, 6) is -1.44. The first-order valence-corrected chi connectivity index (χ1v) is 4.83. The molecule has 0 atom stereocenters. The fourth-order valence-corrected chi connectivity index (χ4v) is 1.91. The Balaban J connectivity index is 2.97. The molecule has 1 heterocycles. The molecular formula is C12H11NO3. The smallest absolute Gasteiger partial charge is 0.340 e. The number of aromatic carboxylic acids is 1. The lowest BCUT2D eigenvalue weighted by atomic mass is 10.0. The van der Waals surface area contributed by atoms with E-state index in [2.05, 4.69) is 4.98 Å². The molecule has 1 aromatic carbocycles. The summed E-state index contributed by atoms with van der Waals surface area (Å²) in [7, 11) is 0. The van der Waals surface area contributed by atoms with Crippen LogP contribution >= 0.6 is 0 Å². The molecule has 2 aromatic rings. The van der Waals surface area contributed by atoms with Crippen LogP contribution in [-0.4, -0.2) is 21.2 Å². The normalized spacial score (nSPS) is 10.6. The SMILES string of the molecule is Cc1cc(C)c2c(C(=O)O)c(O)cnc2c1. The van der Waals surface area contributed by atoms with E-state index in [1.54, 1.807) is 6.07 Å². The van der Waals surface area contributed by atoms with E-state index < -0.39 is 5.97 Å². The number of pyridine rings is 1. The highest BCUT2D eigenvalue weighted by atomic mass is 16.4. The zero-order valence-electron chi connectivity index (χ0n) is 8.98. The maximum Gasteiger partial charge on any atom is 0.340 e. The summed E-state index contributed by atoms with van der Waals surface area (Å²) in [6.07, 6.45) is 1.17. The molecule has 0 bridgehead atoms. The van der Waals surface area contributed by atoms with E-state index in [0.717, 1.165) is 11.1 Å². The number of nitrogens with zero attached hydrogens (tertiary/aromatic N) is 1. The Morgan fingerprint density at radius 2 is 2.00 bits per heavy atom. The number of carboxylic acids is 1. The average molecular weight is 217 g/mol. The second kappa shape index (κ2) is 3.48. The van der Waals surface area contributed by atoms with Crippen molar-refractivity contribution in [1.29, 1.82) is 0 Å². The first-order valence-electron chi connectivity index (χ1n) is 4.83. The molecular weight excluding hydrogens is 206 g/mol. The Kier molecular flexibility index (Phi) is 2.27. The first kappa shape index (κ1) is 10.4. The van der Waals surface area contributed by atoms with E-state index in [9.17, 15) is 9.90 Å². The summed E-state index contributed by atoms with van der Waals surface area (Å²) in [5, 5.41) is 19.1. The van der Waals surface area contributed by atoms with Gasteiger partial charge in [0.1, 0.15) is 11.3 Å². The Hall–Kier alpha value is -2.10. The zero-order chi connectivity index (χ0) is 11.9. The molecule has 0 unspecified atom stereocenters. The lowest BCUT2D eigenvalue weighted by molar-refractivity contribution is 0.0696. The van der Waals surface area contributed by atoms with Gasteiger partial charge in [-0.05, 0) is 31.0 Å². The molecule has 4 heteroatoms. The number of benzene rings is 1. The molecule has 0 spiro atoms. The fraction of sp³-hybridized carbons (Fsp3) is 0.167. The maximum atomic E-state index is 11.1. The van der Waals surface area contributed by atoms with Gasteiger partial charge < -0.3 is 10.2 Å². The Bertz CT molecular complexity index is 590. The minimum Gasteiger partial charge on any atom is -0.505 e. The Labute approximate surface area is 92.2 Å². The van der Waals surface area contributed by atoms with E-state index in [-0.39, 0.29) is 11.3 Å². The van der Waals surface area contributed by atoms with Crippen LogP contribution in [0, 0.1) is 13.8 Å². The minimum absolute atomic E-state index is 0.0810. The van der Waals surface area contributed by atoms with Gasteiger partial charge in [0.05, 0.1) is 11.7 Å². The number of fused-ring (bicyclic) bond motifs is 1. The van der Waals surface area contributed by atoms with Gasteiger partial charge in [-0.1, -0.05) is 6.07 Å². The fourth-order valence-electron chi connectivity index (χ4n) is 1.91. The molecule has 0 aliphatic rings. The standard InChI is InChI=1S/C12H11NO3/c1-6-3-7(2)10-8(4-6)13-5-9(14)11(10)12(15)16/h3-5,14H,1-2H3,(H,15,16). The number of aryl methyl sites for hydroxylation is 2. The van der Waals surface area contributed by atoms with Gasteiger partial charge in [-0.25, -0.2) is 4.79 Å². The number of hydrogen-bond acceptors (Lipinski definition) is 3. The predicted molar refractivity (Wildman–Crippen MR) is 59.8 cm³/mol. The lowest BCUT2D eigenvalue weighted by Gasteiger charge is -2.08. The number of hydrogen-bond donors (Lipinski definition) is 2. The van der Waals surface area contributed by atoms with Crippen molar-refractivity contribution in [2.24, 2.45) is 0 Å². The van der Waals surface area contributed by atoms with Crippen LogP contribution in [0.25, 0.3) is 10.9 Å². The van der Waals surface area contributed by atoms with Crippen LogP contribution in [-0.2, 0) is 0 Å². The van der Waals surface area contributed by atoms with Crippen LogP contribution in [0.1, 0.15) is 21.5 Å². The van der Waals surface area contributed by atoms with E-state index in [4.69, 9.17) is 5.11 Å². The monoisotopic (exact) mass is 217 g/mol. The van der Waals surface area contributed by atoms with Crippen LogP contribution < -0.4 is 0 Å². The molecule has 0 radical (unpaired) electrons. The summed E-state index contributed by atoms with van der Waals surface area (Å²) in [5.41, 5.74) is 2.32. The van der Waals surface area contributed by atoms with Crippen molar-refractivity contribution >= 4 is 16.9 Å². The topological polar surface area (TPSA) is 70.4 Å². The van der Waals surface area contributed by atoms with Gasteiger partial charge >= 0.3 is 5.97 Å². The third-order valence-corrected chi connectivity index (χ3v) is 2.50. The molecule has 0 aliphatic carbocycles. The number of aromatic hydroxyl groups is 1. The first-order chi connectivity index (χ1) is 7.50. The molecule has 4 nitrogen and oxygen atoms in total. The predicted octanol–water partition coefficient (Wildman–Crippen LogP) is 2.26. The maximum absolute atomic E-state index is 11.1. The molecule has 0 amide bonds. The second-order valence-corrected chi connectivity index (χ2v) is 3.80. The number of aromatic nitrogens is 1. The van der Waals surface area contributed by atoms with Crippen LogP contribution in [0.5, 0.6) is 5.75 Å². The van der Waals surface area contributed by atoms with Crippen LogP contribution in [0.15, 0.2) is 18.3 Å². The van der Waals surface area contributed by atoms with E-state index in [1.165, 1.54) is 6.20 Å². The number of rotatable bonds is 1. The molecule has 0 saturated carbocycles. The Morgan fingerprint density at radius 1 is 1.31 bits per heavy atom. The molecule has 0 saturated heterocycles. The highest BCUT2D eigenvalue weighted by molar-refractivity contribution is 6.06. The molecule has 1 aromatic heterocycles. The quantitative estimate of drug-likeness (QED) is 0.768. The van der Waals surface area contributed by atoms with Crippen molar-refractivity contribution in [3.63, 3.8) is 0 Å². The third kappa shape index (κ3) is 1.48. The molecule has 0 fully saturated rings. The highest BCUT2D eigenvalue weighted by Gasteiger charge is 2.16. The summed E-state index contributed by atoms with van der Waals surface area (Å²) >= 11 is 0. The number of carboxylic acid groups (broad SMARTS) is 1. The molecule has 0 aliphatic heterocycles. The summed E-state index contributed by atoms with van der Waals surface area (Å²) < 4.78 is 0. The van der Waals surface area contributed by atoms with Crippen LogP contribution in [0.4, 0.5) is 0 Å². The number of carbonyl (C=O) groups is 1. The third-order valence-electron chi connectivity index (χ3n) is 2.50. The van der Waals surface area contributed by atoms with Gasteiger partial charge in [0.15, 0.2) is 0 Å². The molecule has 2 rings (SSSR count). The van der Waals surface area contributed by atoms with Gasteiger partial charge in [-0.3, -0.25) is 4.98 Å². The van der Waals surface area contributed by atoms with Gasteiger partial charge in [-0.2, -0.15) is 0 Å². The average Bonchev–Trinajstić information content (AvgIpc) is 2.18. The summed E-state index contributed by atoms with van der Waals surface area (Å²) in [6, 6.07) is 3.67. The van der Waals surface area contributed by atoms with Crippen molar-refractivity contribution in [2.45, 2.75) is 13.8 Å². The van der Waals surface area contributed by atoms with Crippen molar-refractivity contribution in [3.8, 4) is 5.75 Å². The zero-order valence-corrected chi connectivity index (χ0v) is 8.98. The van der Waals surface area contributed by atoms with Crippen molar-refractivity contribution < 1.29 is 15.0 Å².